The van der Waals surface area contributed by atoms with Crippen LogP contribution in [-0.2, 0) is 12.0 Å². The second-order valence-electron chi connectivity index (χ2n) is 9.56. The predicted octanol–water partition coefficient (Wildman–Crippen LogP) is 5.02. The summed E-state index contributed by atoms with van der Waals surface area (Å²) in [7, 11) is 1.55. The van der Waals surface area contributed by atoms with Crippen LogP contribution in [0.1, 0.15) is 45.8 Å². The zero-order valence-corrected chi connectivity index (χ0v) is 20.5. The van der Waals surface area contributed by atoms with Gasteiger partial charge in [-0.15, -0.1) is 0 Å². The third kappa shape index (κ3) is 4.65. The van der Waals surface area contributed by atoms with Gasteiger partial charge in [0.25, 0.3) is 11.8 Å². The van der Waals surface area contributed by atoms with Crippen LogP contribution in [0.15, 0.2) is 72.9 Å². The van der Waals surface area contributed by atoms with Gasteiger partial charge in [-0.3, -0.25) is 14.6 Å². The van der Waals surface area contributed by atoms with Crippen molar-refractivity contribution in [3.8, 4) is 11.5 Å². The minimum atomic E-state index is -0.284. The molecule has 1 aromatic heterocycles. The van der Waals surface area contributed by atoms with Crippen LogP contribution in [0.2, 0.25) is 0 Å². The average Bonchev–Trinajstić information content (AvgIpc) is 2.87. The van der Waals surface area contributed by atoms with Crippen molar-refractivity contribution in [2.45, 2.75) is 25.8 Å². The molecule has 4 aromatic rings. The maximum Gasteiger partial charge on any atom is 0.269 e. The molecule has 1 aliphatic rings. The van der Waals surface area contributed by atoms with Gasteiger partial charge in [-0.1, -0.05) is 32.0 Å². The molecule has 7 nitrogen and oxygen atoms in total. The molecule has 0 unspecified atom stereocenters. The fraction of sp³-hybridized carbons (Fsp3) is 0.207. The number of carbonyl (C=O) groups is 2. The van der Waals surface area contributed by atoms with Crippen LogP contribution in [0.3, 0.4) is 0 Å². The molecular weight excluding hydrogens is 452 g/mol. The Morgan fingerprint density at radius 1 is 0.972 bits per heavy atom. The summed E-state index contributed by atoms with van der Waals surface area (Å²) in [5.74, 6) is 0.649. The van der Waals surface area contributed by atoms with E-state index in [1.807, 2.05) is 42.5 Å². The zero-order chi connectivity index (χ0) is 25.3. The van der Waals surface area contributed by atoms with Crippen LogP contribution < -0.4 is 20.7 Å². The summed E-state index contributed by atoms with van der Waals surface area (Å²) in [4.78, 5) is 29.1. The van der Waals surface area contributed by atoms with Gasteiger partial charge in [0.15, 0.2) is 0 Å². The number of anilines is 1. The van der Waals surface area contributed by atoms with Crippen molar-refractivity contribution in [1.29, 1.82) is 0 Å². The molecule has 182 valence electrons. The van der Waals surface area contributed by atoms with Crippen molar-refractivity contribution in [2.24, 2.45) is 0 Å². The first-order valence-corrected chi connectivity index (χ1v) is 11.9. The lowest BCUT2D eigenvalue weighted by Crippen LogP contribution is -2.38. The lowest BCUT2D eigenvalue weighted by Gasteiger charge is -2.33. The fourth-order valence-corrected chi connectivity index (χ4v) is 4.67. The van der Waals surface area contributed by atoms with E-state index in [1.54, 1.807) is 19.2 Å². The second kappa shape index (κ2) is 9.43. The Morgan fingerprint density at radius 2 is 1.81 bits per heavy atom. The number of carbonyl (C=O) groups excluding carboxylic acids is 2. The molecule has 2 amide bonds. The number of nitrogens with zero attached hydrogens (tertiary/aromatic N) is 1. The molecule has 3 aromatic carbocycles. The maximum atomic E-state index is 13.2. The minimum absolute atomic E-state index is 0.0613. The number of benzene rings is 3. The molecule has 0 atom stereocenters. The molecule has 0 fully saturated rings. The third-order valence-electron chi connectivity index (χ3n) is 6.50. The number of amides is 2. The summed E-state index contributed by atoms with van der Waals surface area (Å²) in [6, 6.07) is 20.6. The van der Waals surface area contributed by atoms with E-state index >= 15 is 0 Å². The van der Waals surface area contributed by atoms with Gasteiger partial charge in [-0.2, -0.15) is 0 Å². The Bertz CT molecular complexity index is 1480. The summed E-state index contributed by atoms with van der Waals surface area (Å²) in [6.07, 6.45) is 1.53. The number of fused-ring (bicyclic) bond motifs is 2. The summed E-state index contributed by atoms with van der Waals surface area (Å²) >= 11 is 0. The van der Waals surface area contributed by atoms with Gasteiger partial charge in [-0.25, -0.2) is 0 Å². The number of ether oxygens (including phenoxy) is 1. The highest BCUT2D eigenvalue weighted by molar-refractivity contribution is 6.13. The molecule has 0 saturated carbocycles. The monoisotopic (exact) mass is 480 g/mol. The van der Waals surface area contributed by atoms with Crippen molar-refractivity contribution in [3.05, 3.63) is 95.3 Å². The van der Waals surface area contributed by atoms with Crippen molar-refractivity contribution >= 4 is 28.3 Å². The van der Waals surface area contributed by atoms with Gasteiger partial charge in [0, 0.05) is 49.1 Å². The Kier molecular flexibility index (Phi) is 6.16. The molecular formula is C29H28N4O3. The van der Waals surface area contributed by atoms with E-state index in [4.69, 9.17) is 4.74 Å². The van der Waals surface area contributed by atoms with Gasteiger partial charge in [0.1, 0.15) is 17.2 Å². The number of aromatic nitrogens is 1. The molecule has 7 heteroatoms. The van der Waals surface area contributed by atoms with E-state index < -0.39 is 0 Å². The average molecular weight is 481 g/mol. The minimum Gasteiger partial charge on any atom is -0.457 e. The molecule has 0 radical (unpaired) electrons. The molecule has 0 saturated heterocycles. The van der Waals surface area contributed by atoms with Crippen LogP contribution in [0.4, 0.5) is 5.69 Å². The Hall–Kier alpha value is -4.23. The standard InChI is InChI=1S/C29H28N4O3/c1-29(2)17-31-16-19-13-20(7-10-25(19)29)33-27(34)24-6-4-5-18-14-21(8-9-23(18)24)36-22-11-12-32-26(15-22)28(35)30-3/h4-15,31H,16-17H2,1-3H3,(H,30,35)(H,33,34). The van der Waals surface area contributed by atoms with Crippen molar-refractivity contribution < 1.29 is 14.3 Å². The summed E-state index contributed by atoms with van der Waals surface area (Å²) in [5, 5.41) is 10.8. The van der Waals surface area contributed by atoms with Gasteiger partial charge < -0.3 is 20.7 Å². The summed E-state index contributed by atoms with van der Waals surface area (Å²) in [5.41, 5.74) is 4.22. The SMILES string of the molecule is CNC(=O)c1cc(Oc2ccc3c(C(=O)Nc4ccc5c(c4)CNCC5(C)C)cccc3c2)ccn1. The van der Waals surface area contributed by atoms with Crippen LogP contribution in [0, 0.1) is 0 Å². The van der Waals surface area contributed by atoms with Crippen LogP contribution >= 0.6 is 0 Å². The summed E-state index contributed by atoms with van der Waals surface area (Å²) in [6.45, 7) is 6.17. The molecule has 0 spiro atoms. The molecule has 3 N–H and O–H groups in total. The quantitative estimate of drug-likeness (QED) is 0.373. The second-order valence-corrected chi connectivity index (χ2v) is 9.56. The van der Waals surface area contributed by atoms with Crippen LogP contribution in [-0.4, -0.2) is 30.4 Å². The molecule has 5 rings (SSSR count). The van der Waals surface area contributed by atoms with Gasteiger partial charge in [-0.05, 0) is 64.4 Å². The highest BCUT2D eigenvalue weighted by atomic mass is 16.5. The lowest BCUT2D eigenvalue weighted by molar-refractivity contribution is 0.0957. The molecule has 1 aliphatic heterocycles. The van der Waals surface area contributed by atoms with Crippen molar-refractivity contribution in [2.75, 3.05) is 18.9 Å². The molecule has 0 aliphatic carbocycles. The third-order valence-corrected chi connectivity index (χ3v) is 6.50. The predicted molar refractivity (Wildman–Crippen MR) is 141 cm³/mol. The van der Waals surface area contributed by atoms with Gasteiger partial charge in [0.05, 0.1) is 0 Å². The van der Waals surface area contributed by atoms with Crippen LogP contribution in [0.5, 0.6) is 11.5 Å². The summed E-state index contributed by atoms with van der Waals surface area (Å²) < 4.78 is 5.96. The molecule has 0 bridgehead atoms. The van der Waals surface area contributed by atoms with Gasteiger partial charge >= 0.3 is 0 Å². The largest absolute Gasteiger partial charge is 0.457 e. The first kappa shape index (κ1) is 23.5. The smallest absolute Gasteiger partial charge is 0.269 e. The maximum absolute atomic E-state index is 13.2. The number of pyridine rings is 1. The van der Waals surface area contributed by atoms with E-state index in [0.717, 1.165) is 29.5 Å². The lowest BCUT2D eigenvalue weighted by atomic mass is 9.79. The first-order valence-electron chi connectivity index (χ1n) is 11.9. The van der Waals surface area contributed by atoms with E-state index in [9.17, 15) is 9.59 Å². The molecule has 2 heterocycles. The zero-order valence-electron chi connectivity index (χ0n) is 20.5. The van der Waals surface area contributed by atoms with Gasteiger partial charge in [0.2, 0.25) is 0 Å². The number of rotatable bonds is 5. The Labute approximate surface area is 209 Å². The van der Waals surface area contributed by atoms with E-state index in [-0.39, 0.29) is 22.9 Å². The highest BCUT2D eigenvalue weighted by Gasteiger charge is 2.27. The van der Waals surface area contributed by atoms with Crippen molar-refractivity contribution in [1.82, 2.24) is 15.6 Å². The van der Waals surface area contributed by atoms with E-state index in [0.29, 0.717) is 17.1 Å². The van der Waals surface area contributed by atoms with E-state index in [2.05, 4.69) is 46.9 Å². The topological polar surface area (TPSA) is 92.3 Å². The Balaban J connectivity index is 1.38. The number of hydrogen-bond acceptors (Lipinski definition) is 5. The fourth-order valence-electron chi connectivity index (χ4n) is 4.67. The number of nitrogens with one attached hydrogen (secondary N) is 3. The highest BCUT2D eigenvalue weighted by Crippen LogP contribution is 2.32. The normalized spacial score (nSPS) is 14.1. The number of hydrogen-bond donors (Lipinski definition) is 3. The molecule has 36 heavy (non-hydrogen) atoms. The van der Waals surface area contributed by atoms with Crippen LogP contribution in [0.25, 0.3) is 10.8 Å². The first-order chi connectivity index (χ1) is 17.3. The van der Waals surface area contributed by atoms with Crippen molar-refractivity contribution in [3.63, 3.8) is 0 Å². The van der Waals surface area contributed by atoms with E-state index in [1.165, 1.54) is 17.3 Å². The Morgan fingerprint density at radius 3 is 2.64 bits per heavy atom.